The minimum atomic E-state index is -0.451. The Morgan fingerprint density at radius 3 is 2.64 bits per heavy atom. The van der Waals surface area contributed by atoms with Gasteiger partial charge in [0.05, 0.1) is 31.5 Å². The Kier molecular flexibility index (Phi) is 5.35. The summed E-state index contributed by atoms with van der Waals surface area (Å²) in [5.41, 5.74) is 0.230. The smallest absolute Gasteiger partial charge is 0.0918 e. The molecule has 3 fully saturated rings. The van der Waals surface area contributed by atoms with Crippen LogP contribution in [0.5, 0.6) is 0 Å². The summed E-state index contributed by atoms with van der Waals surface area (Å²) >= 11 is 0. The van der Waals surface area contributed by atoms with E-state index in [1.54, 1.807) is 6.08 Å². The van der Waals surface area contributed by atoms with Crippen LogP contribution >= 0.6 is 0 Å². The molecule has 0 aromatic heterocycles. The lowest BCUT2D eigenvalue weighted by Gasteiger charge is -2.42. The summed E-state index contributed by atoms with van der Waals surface area (Å²) in [7, 11) is 0. The summed E-state index contributed by atoms with van der Waals surface area (Å²) < 4.78 is 6.12. The summed E-state index contributed by atoms with van der Waals surface area (Å²) in [5.74, 6) is 0.700. The SMILES string of the molecule is CC1CC23COC(C)(C2)C(O)CCC3C1(CO)CCC(=CCO)CO. The maximum absolute atomic E-state index is 10.6. The van der Waals surface area contributed by atoms with Gasteiger partial charge < -0.3 is 25.2 Å². The van der Waals surface area contributed by atoms with Crippen molar-refractivity contribution in [2.75, 3.05) is 26.4 Å². The summed E-state index contributed by atoms with van der Waals surface area (Å²) in [6.07, 6.45) is 6.26. The molecule has 5 nitrogen and oxygen atoms in total. The third-order valence-electron chi connectivity index (χ3n) is 7.74. The van der Waals surface area contributed by atoms with E-state index in [0.717, 1.165) is 37.7 Å². The fourth-order valence-electron chi connectivity index (χ4n) is 6.34. The van der Waals surface area contributed by atoms with E-state index in [1.165, 1.54) is 0 Å². The zero-order chi connectivity index (χ0) is 18.3. The minimum Gasteiger partial charge on any atom is -0.396 e. The van der Waals surface area contributed by atoms with Crippen LogP contribution in [0.2, 0.25) is 0 Å². The Balaban J connectivity index is 1.88. The third-order valence-corrected chi connectivity index (χ3v) is 7.74. The van der Waals surface area contributed by atoms with Crippen LogP contribution in [-0.2, 0) is 4.74 Å². The monoisotopic (exact) mass is 354 g/mol. The average Bonchev–Trinajstić information content (AvgIpc) is 3.01. The largest absolute Gasteiger partial charge is 0.396 e. The van der Waals surface area contributed by atoms with Gasteiger partial charge >= 0.3 is 0 Å². The maximum Gasteiger partial charge on any atom is 0.0918 e. The quantitative estimate of drug-likeness (QED) is 0.545. The normalized spacial score (nSPS) is 47.0. The van der Waals surface area contributed by atoms with Gasteiger partial charge in [-0.25, -0.2) is 0 Å². The first-order valence-electron chi connectivity index (χ1n) is 9.68. The summed E-state index contributed by atoms with van der Waals surface area (Å²) in [6, 6.07) is 0. The van der Waals surface area contributed by atoms with E-state index >= 15 is 0 Å². The van der Waals surface area contributed by atoms with Gasteiger partial charge in [0.2, 0.25) is 0 Å². The standard InChI is InChI=1S/C20H34O5/c1-14-9-19-11-18(2,25-13-19)17(24)4-3-16(19)20(14,12-23)7-5-15(10-22)6-8-21/h6,14,16-17,21-24H,3-5,7-13H2,1-2H3. The highest BCUT2D eigenvalue weighted by molar-refractivity contribution is 5.16. The highest BCUT2D eigenvalue weighted by Crippen LogP contribution is 2.67. The molecule has 3 rings (SSSR count). The van der Waals surface area contributed by atoms with Crippen LogP contribution in [0.1, 0.15) is 52.4 Å². The highest BCUT2D eigenvalue weighted by Gasteiger charge is 2.66. The van der Waals surface area contributed by atoms with E-state index in [2.05, 4.69) is 6.92 Å². The summed E-state index contributed by atoms with van der Waals surface area (Å²) in [4.78, 5) is 0. The van der Waals surface area contributed by atoms with Crippen LogP contribution in [0, 0.1) is 22.7 Å². The van der Waals surface area contributed by atoms with E-state index in [4.69, 9.17) is 9.84 Å². The molecule has 0 radical (unpaired) electrons. The first-order chi connectivity index (χ1) is 11.9. The lowest BCUT2D eigenvalue weighted by atomic mass is 9.63. The van der Waals surface area contributed by atoms with E-state index in [9.17, 15) is 15.3 Å². The van der Waals surface area contributed by atoms with Crippen molar-refractivity contribution >= 4 is 0 Å². The molecule has 0 aromatic carbocycles. The fraction of sp³-hybridized carbons (Fsp3) is 0.900. The van der Waals surface area contributed by atoms with Crippen LogP contribution in [0.15, 0.2) is 11.6 Å². The Hall–Kier alpha value is -0.460. The van der Waals surface area contributed by atoms with Crippen LogP contribution in [0.25, 0.3) is 0 Å². The van der Waals surface area contributed by atoms with Crippen molar-refractivity contribution in [3.8, 4) is 0 Å². The van der Waals surface area contributed by atoms with Gasteiger partial charge in [-0.05, 0) is 68.3 Å². The molecule has 5 heteroatoms. The number of hydrogen-bond donors (Lipinski definition) is 4. The number of ether oxygens (including phenoxy) is 1. The van der Waals surface area contributed by atoms with Gasteiger partial charge in [0.25, 0.3) is 0 Å². The molecule has 2 bridgehead atoms. The van der Waals surface area contributed by atoms with Gasteiger partial charge in [-0.3, -0.25) is 0 Å². The zero-order valence-electron chi connectivity index (χ0n) is 15.6. The Morgan fingerprint density at radius 1 is 1.24 bits per heavy atom. The van der Waals surface area contributed by atoms with Crippen LogP contribution in [0.3, 0.4) is 0 Å². The molecule has 1 spiro atoms. The minimum absolute atomic E-state index is 0.0494. The lowest BCUT2D eigenvalue weighted by Crippen LogP contribution is -2.40. The number of hydrogen-bond acceptors (Lipinski definition) is 5. The van der Waals surface area contributed by atoms with E-state index in [-0.39, 0.29) is 30.7 Å². The second-order valence-corrected chi connectivity index (χ2v) is 8.99. The molecule has 2 aliphatic carbocycles. The van der Waals surface area contributed by atoms with Gasteiger partial charge in [-0.15, -0.1) is 0 Å². The molecule has 3 aliphatic rings. The number of aliphatic hydroxyl groups excluding tert-OH is 4. The van der Waals surface area contributed by atoms with Gasteiger partial charge in [0, 0.05) is 12.0 Å². The number of fused-ring (bicyclic) bond motifs is 1. The van der Waals surface area contributed by atoms with Gasteiger partial charge in [-0.1, -0.05) is 13.0 Å². The van der Waals surface area contributed by atoms with E-state index in [0.29, 0.717) is 24.9 Å². The first-order valence-corrected chi connectivity index (χ1v) is 9.68. The van der Waals surface area contributed by atoms with Crippen molar-refractivity contribution in [3.63, 3.8) is 0 Å². The van der Waals surface area contributed by atoms with Crippen LogP contribution in [-0.4, -0.2) is 58.6 Å². The molecule has 1 saturated heterocycles. The van der Waals surface area contributed by atoms with Gasteiger partial charge in [0.1, 0.15) is 0 Å². The average molecular weight is 354 g/mol. The second kappa shape index (κ2) is 6.93. The molecule has 25 heavy (non-hydrogen) atoms. The van der Waals surface area contributed by atoms with Crippen molar-refractivity contribution in [3.05, 3.63) is 11.6 Å². The molecular formula is C20H34O5. The molecule has 6 unspecified atom stereocenters. The molecule has 1 heterocycles. The Bertz CT molecular complexity index is 520. The van der Waals surface area contributed by atoms with Crippen molar-refractivity contribution in [2.45, 2.75) is 64.1 Å². The zero-order valence-corrected chi connectivity index (χ0v) is 15.6. The topological polar surface area (TPSA) is 90.2 Å². The van der Waals surface area contributed by atoms with Crippen LogP contribution < -0.4 is 0 Å². The van der Waals surface area contributed by atoms with Crippen molar-refractivity contribution in [1.82, 2.24) is 0 Å². The molecule has 4 N–H and O–H groups in total. The molecule has 1 aliphatic heterocycles. The third kappa shape index (κ3) is 2.98. The van der Waals surface area contributed by atoms with Crippen molar-refractivity contribution in [2.24, 2.45) is 22.7 Å². The Labute approximate surface area is 150 Å². The molecule has 2 saturated carbocycles. The summed E-state index contributed by atoms with van der Waals surface area (Å²) in [5, 5.41) is 39.6. The molecule has 144 valence electrons. The molecular weight excluding hydrogens is 320 g/mol. The lowest BCUT2D eigenvalue weighted by molar-refractivity contribution is -0.0917. The first kappa shape index (κ1) is 19.3. The Morgan fingerprint density at radius 2 is 2.00 bits per heavy atom. The van der Waals surface area contributed by atoms with Crippen LogP contribution in [0.4, 0.5) is 0 Å². The number of aliphatic hydroxyl groups is 4. The maximum atomic E-state index is 10.6. The highest BCUT2D eigenvalue weighted by atomic mass is 16.5. The van der Waals surface area contributed by atoms with Crippen molar-refractivity contribution in [1.29, 1.82) is 0 Å². The van der Waals surface area contributed by atoms with Crippen molar-refractivity contribution < 1.29 is 25.2 Å². The van der Waals surface area contributed by atoms with Gasteiger partial charge in [-0.2, -0.15) is 0 Å². The fourth-order valence-corrected chi connectivity index (χ4v) is 6.34. The predicted octanol–water partition coefficient (Wildman–Crippen LogP) is 1.63. The van der Waals surface area contributed by atoms with E-state index < -0.39 is 11.7 Å². The number of rotatable bonds is 6. The molecule has 0 aromatic rings. The predicted molar refractivity (Wildman–Crippen MR) is 94.9 cm³/mol. The van der Waals surface area contributed by atoms with Gasteiger partial charge in [0.15, 0.2) is 0 Å². The summed E-state index contributed by atoms with van der Waals surface area (Å²) in [6.45, 7) is 4.96. The second-order valence-electron chi connectivity index (χ2n) is 8.99. The molecule has 6 atom stereocenters. The molecule has 0 amide bonds. The van der Waals surface area contributed by atoms with E-state index in [1.807, 2.05) is 6.92 Å².